The van der Waals surface area contributed by atoms with Gasteiger partial charge in [-0.3, -0.25) is 0 Å². The molecule has 1 atom stereocenters. The van der Waals surface area contributed by atoms with Gasteiger partial charge in [-0.1, -0.05) is 15.9 Å². The van der Waals surface area contributed by atoms with E-state index in [0.29, 0.717) is 23.4 Å². The van der Waals surface area contributed by atoms with E-state index in [4.69, 9.17) is 9.47 Å². The highest BCUT2D eigenvalue weighted by Gasteiger charge is 2.19. The molecule has 1 aliphatic heterocycles. The van der Waals surface area contributed by atoms with Gasteiger partial charge in [-0.2, -0.15) is 0 Å². The van der Waals surface area contributed by atoms with E-state index in [2.05, 4.69) is 15.9 Å². The van der Waals surface area contributed by atoms with Crippen LogP contribution in [0.4, 0.5) is 4.39 Å². The van der Waals surface area contributed by atoms with Crippen LogP contribution in [-0.4, -0.2) is 18.0 Å². The molecule has 70 valence electrons. The molecule has 0 saturated heterocycles. The normalized spacial score (nSPS) is 20.0. The highest BCUT2D eigenvalue weighted by atomic mass is 79.9. The Balaban J connectivity index is 2.26. The maximum absolute atomic E-state index is 12.7. The zero-order valence-electron chi connectivity index (χ0n) is 6.80. The molecule has 0 aliphatic carbocycles. The van der Waals surface area contributed by atoms with Crippen molar-refractivity contribution in [2.24, 2.45) is 0 Å². The second-order valence-electron chi connectivity index (χ2n) is 2.80. The predicted octanol–water partition coefficient (Wildman–Crippen LogP) is 2.36. The maximum Gasteiger partial charge on any atom is 0.164 e. The topological polar surface area (TPSA) is 18.5 Å². The van der Waals surface area contributed by atoms with E-state index in [1.54, 1.807) is 6.07 Å². The first-order valence-electron chi connectivity index (χ1n) is 3.94. The Morgan fingerprint density at radius 3 is 3.08 bits per heavy atom. The summed E-state index contributed by atoms with van der Waals surface area (Å²) in [4.78, 5) is 0. The average Bonchev–Trinajstić information content (AvgIpc) is 2.17. The Labute approximate surface area is 83.8 Å². The minimum atomic E-state index is -0.306. The summed E-state index contributed by atoms with van der Waals surface area (Å²) in [7, 11) is 0. The van der Waals surface area contributed by atoms with Crippen LogP contribution in [-0.2, 0) is 0 Å². The van der Waals surface area contributed by atoms with Crippen molar-refractivity contribution in [3.05, 3.63) is 24.0 Å². The maximum atomic E-state index is 12.7. The van der Waals surface area contributed by atoms with E-state index in [1.165, 1.54) is 12.1 Å². The van der Waals surface area contributed by atoms with Crippen LogP contribution in [0.1, 0.15) is 0 Å². The van der Waals surface area contributed by atoms with Gasteiger partial charge in [-0.25, -0.2) is 4.39 Å². The summed E-state index contributed by atoms with van der Waals surface area (Å²) in [5.41, 5.74) is 0. The fraction of sp³-hybridized carbons (Fsp3) is 0.333. The third-order valence-electron chi connectivity index (χ3n) is 1.80. The van der Waals surface area contributed by atoms with Gasteiger partial charge in [0.25, 0.3) is 0 Å². The van der Waals surface area contributed by atoms with Gasteiger partial charge in [-0.15, -0.1) is 0 Å². The van der Waals surface area contributed by atoms with Crippen molar-refractivity contribution in [3.63, 3.8) is 0 Å². The molecule has 1 aromatic carbocycles. The van der Waals surface area contributed by atoms with Crippen molar-refractivity contribution >= 4 is 15.9 Å². The minimum Gasteiger partial charge on any atom is -0.486 e. The van der Waals surface area contributed by atoms with Crippen molar-refractivity contribution in [2.75, 3.05) is 11.9 Å². The molecular weight excluding hydrogens is 239 g/mol. The second-order valence-corrected chi connectivity index (χ2v) is 3.44. The molecule has 0 aromatic heterocycles. The summed E-state index contributed by atoms with van der Waals surface area (Å²) in [6.07, 6.45) is 0.0120. The smallest absolute Gasteiger partial charge is 0.164 e. The Morgan fingerprint density at radius 1 is 1.46 bits per heavy atom. The van der Waals surface area contributed by atoms with Crippen LogP contribution >= 0.6 is 15.9 Å². The third-order valence-corrected chi connectivity index (χ3v) is 2.52. The third kappa shape index (κ3) is 1.77. The molecule has 0 radical (unpaired) electrons. The van der Waals surface area contributed by atoms with E-state index >= 15 is 0 Å². The van der Waals surface area contributed by atoms with Gasteiger partial charge in [0.2, 0.25) is 0 Å². The lowest BCUT2D eigenvalue weighted by Crippen LogP contribution is -2.30. The van der Waals surface area contributed by atoms with E-state index in [-0.39, 0.29) is 11.9 Å². The molecule has 0 saturated carbocycles. The van der Waals surface area contributed by atoms with Gasteiger partial charge in [0.05, 0.1) is 0 Å². The van der Waals surface area contributed by atoms with Crippen LogP contribution < -0.4 is 9.47 Å². The van der Waals surface area contributed by atoms with E-state index in [1.807, 2.05) is 0 Å². The van der Waals surface area contributed by atoms with E-state index < -0.39 is 0 Å². The van der Waals surface area contributed by atoms with Crippen LogP contribution in [0.15, 0.2) is 18.2 Å². The number of halogens is 2. The Bertz CT molecular complexity index is 316. The number of hydrogen-bond donors (Lipinski definition) is 0. The van der Waals surface area contributed by atoms with Crippen molar-refractivity contribution in [3.8, 4) is 11.5 Å². The molecule has 13 heavy (non-hydrogen) atoms. The lowest BCUT2D eigenvalue weighted by molar-refractivity contribution is 0.107. The molecule has 1 unspecified atom stereocenters. The SMILES string of the molecule is Fc1ccc2c(c1)OCC(CBr)O2. The Hall–Kier alpha value is -0.770. The second kappa shape index (κ2) is 3.54. The molecule has 1 heterocycles. The van der Waals surface area contributed by atoms with Crippen LogP contribution in [0, 0.1) is 5.82 Å². The monoisotopic (exact) mass is 246 g/mol. The fourth-order valence-electron chi connectivity index (χ4n) is 1.16. The summed E-state index contributed by atoms with van der Waals surface area (Å²) in [6.45, 7) is 0.460. The first-order valence-corrected chi connectivity index (χ1v) is 5.06. The molecule has 0 bridgehead atoms. The molecule has 0 amide bonds. The van der Waals surface area contributed by atoms with Crippen molar-refractivity contribution in [2.45, 2.75) is 6.10 Å². The van der Waals surface area contributed by atoms with Crippen molar-refractivity contribution in [1.82, 2.24) is 0 Å². The van der Waals surface area contributed by atoms with Gasteiger partial charge < -0.3 is 9.47 Å². The molecule has 4 heteroatoms. The van der Waals surface area contributed by atoms with Crippen molar-refractivity contribution in [1.29, 1.82) is 0 Å². The number of alkyl halides is 1. The number of hydrogen-bond acceptors (Lipinski definition) is 2. The average molecular weight is 247 g/mol. The molecule has 1 aliphatic rings. The Kier molecular flexibility index (Phi) is 2.40. The van der Waals surface area contributed by atoms with Crippen LogP contribution in [0.3, 0.4) is 0 Å². The first kappa shape index (κ1) is 8.81. The number of benzene rings is 1. The van der Waals surface area contributed by atoms with Crippen molar-refractivity contribution < 1.29 is 13.9 Å². The molecule has 0 N–H and O–H groups in total. The van der Waals surface area contributed by atoms with Gasteiger partial charge in [-0.05, 0) is 12.1 Å². The lowest BCUT2D eigenvalue weighted by atomic mass is 10.2. The highest BCUT2D eigenvalue weighted by molar-refractivity contribution is 9.09. The molecule has 0 spiro atoms. The fourth-order valence-corrected chi connectivity index (χ4v) is 1.48. The van der Waals surface area contributed by atoms with Gasteiger partial charge >= 0.3 is 0 Å². The Morgan fingerprint density at radius 2 is 2.31 bits per heavy atom. The zero-order valence-corrected chi connectivity index (χ0v) is 8.38. The number of fused-ring (bicyclic) bond motifs is 1. The summed E-state index contributed by atoms with van der Waals surface area (Å²) in [5.74, 6) is 0.786. The van der Waals surface area contributed by atoms with Crippen LogP contribution in [0.25, 0.3) is 0 Å². The van der Waals surface area contributed by atoms with Gasteiger partial charge in [0.1, 0.15) is 18.5 Å². The number of rotatable bonds is 1. The quantitative estimate of drug-likeness (QED) is 0.709. The molecule has 2 nitrogen and oxygen atoms in total. The summed E-state index contributed by atoms with van der Waals surface area (Å²) in [6, 6.07) is 4.28. The van der Waals surface area contributed by atoms with E-state index in [0.717, 1.165) is 0 Å². The van der Waals surface area contributed by atoms with Gasteiger partial charge in [0.15, 0.2) is 11.5 Å². The zero-order chi connectivity index (χ0) is 9.26. The summed E-state index contributed by atoms with van der Waals surface area (Å²) < 4.78 is 23.5. The summed E-state index contributed by atoms with van der Waals surface area (Å²) >= 11 is 3.30. The molecular formula is C9H8BrFO2. The largest absolute Gasteiger partial charge is 0.486 e. The molecule has 0 fully saturated rings. The van der Waals surface area contributed by atoms with Crippen LogP contribution in [0.2, 0.25) is 0 Å². The first-order chi connectivity index (χ1) is 6.29. The standard InChI is InChI=1S/C9H8BrFO2/c10-4-7-5-12-9-3-6(11)1-2-8(9)13-7/h1-3,7H,4-5H2. The van der Waals surface area contributed by atoms with Crippen LogP contribution in [0.5, 0.6) is 11.5 Å². The number of ether oxygens (including phenoxy) is 2. The predicted molar refractivity (Wildman–Crippen MR) is 50.1 cm³/mol. The lowest BCUT2D eigenvalue weighted by Gasteiger charge is -2.24. The van der Waals surface area contributed by atoms with E-state index in [9.17, 15) is 4.39 Å². The summed E-state index contributed by atoms with van der Waals surface area (Å²) in [5, 5.41) is 0.712. The minimum absolute atomic E-state index is 0.0120. The molecule has 1 aromatic rings. The molecule has 2 rings (SSSR count). The van der Waals surface area contributed by atoms with Gasteiger partial charge in [0, 0.05) is 11.4 Å². The highest BCUT2D eigenvalue weighted by Crippen LogP contribution is 2.32.